The minimum atomic E-state index is 0.800. The summed E-state index contributed by atoms with van der Waals surface area (Å²) in [5, 5.41) is 1.12. The second-order valence-corrected chi connectivity index (χ2v) is 3.75. The molecule has 1 heterocycles. The molecule has 15 heavy (non-hydrogen) atoms. The van der Waals surface area contributed by atoms with Crippen LogP contribution in [-0.4, -0.2) is 0 Å². The van der Waals surface area contributed by atoms with Crippen molar-refractivity contribution in [1.82, 2.24) is 0 Å². The lowest BCUT2D eigenvalue weighted by molar-refractivity contribution is 0.601. The molecule has 0 aliphatic heterocycles. The number of furan rings is 1. The zero-order chi connectivity index (χ0) is 11.0. The fraction of sp³-hybridized carbons (Fsp3) is 0.143. The summed E-state index contributed by atoms with van der Waals surface area (Å²) in [5.74, 6) is 0.800. The second-order valence-electron chi connectivity index (χ2n) is 3.75. The van der Waals surface area contributed by atoms with Gasteiger partial charge < -0.3 is 4.42 Å². The summed E-state index contributed by atoms with van der Waals surface area (Å²) in [6, 6.07) is 4.24. The van der Waals surface area contributed by atoms with Crippen molar-refractivity contribution in [3.8, 4) is 0 Å². The Morgan fingerprint density at radius 3 is 2.47 bits per heavy atom. The van der Waals surface area contributed by atoms with Crippen LogP contribution in [0.1, 0.15) is 22.5 Å². The summed E-state index contributed by atoms with van der Waals surface area (Å²) in [6.45, 7) is 11.7. The molecule has 0 saturated carbocycles. The smallest absolute Gasteiger partial charge is 0.138 e. The molecule has 0 aliphatic rings. The molecule has 1 heteroatoms. The molecule has 76 valence electrons. The van der Waals surface area contributed by atoms with E-state index in [9.17, 15) is 0 Å². The van der Waals surface area contributed by atoms with Crippen LogP contribution in [0, 0.1) is 13.8 Å². The first-order chi connectivity index (χ1) is 7.17. The molecule has 0 spiro atoms. The highest BCUT2D eigenvalue weighted by atomic mass is 16.3. The van der Waals surface area contributed by atoms with E-state index in [0.717, 1.165) is 27.9 Å². The van der Waals surface area contributed by atoms with Crippen LogP contribution in [0.25, 0.3) is 23.1 Å². The second kappa shape index (κ2) is 3.43. The molecule has 0 aliphatic carbocycles. The quantitative estimate of drug-likeness (QED) is 0.699. The Kier molecular flexibility index (Phi) is 2.24. The number of fused-ring (bicyclic) bond motifs is 1. The van der Waals surface area contributed by atoms with Gasteiger partial charge in [-0.1, -0.05) is 25.3 Å². The highest BCUT2D eigenvalue weighted by molar-refractivity contribution is 5.92. The van der Waals surface area contributed by atoms with E-state index in [0.29, 0.717) is 0 Å². The maximum atomic E-state index is 5.74. The van der Waals surface area contributed by atoms with Crippen molar-refractivity contribution in [2.45, 2.75) is 13.8 Å². The third-order valence-electron chi connectivity index (χ3n) is 2.58. The van der Waals surface area contributed by atoms with Crippen molar-refractivity contribution in [2.24, 2.45) is 0 Å². The fourth-order valence-electron chi connectivity index (χ4n) is 1.95. The highest BCUT2D eigenvalue weighted by Crippen LogP contribution is 2.30. The SMILES string of the molecule is C=Cc1oc2c(C)cc(C)cc2c1C=C. The average Bonchev–Trinajstić information content (AvgIpc) is 2.55. The predicted molar refractivity (Wildman–Crippen MR) is 65.9 cm³/mol. The largest absolute Gasteiger partial charge is 0.456 e. The first kappa shape index (κ1) is 9.78. The number of benzene rings is 1. The fourth-order valence-corrected chi connectivity index (χ4v) is 1.95. The van der Waals surface area contributed by atoms with E-state index in [2.05, 4.69) is 39.1 Å². The van der Waals surface area contributed by atoms with Gasteiger partial charge in [0, 0.05) is 10.9 Å². The van der Waals surface area contributed by atoms with Crippen LogP contribution in [0.3, 0.4) is 0 Å². The summed E-state index contributed by atoms with van der Waals surface area (Å²) < 4.78 is 5.74. The van der Waals surface area contributed by atoms with Gasteiger partial charge in [0.15, 0.2) is 0 Å². The molecule has 1 nitrogen and oxygen atoms in total. The van der Waals surface area contributed by atoms with Crippen molar-refractivity contribution in [3.05, 3.63) is 47.7 Å². The molecule has 1 aromatic carbocycles. The van der Waals surface area contributed by atoms with Gasteiger partial charge in [-0.2, -0.15) is 0 Å². The summed E-state index contributed by atoms with van der Waals surface area (Å²) >= 11 is 0. The van der Waals surface area contributed by atoms with Crippen molar-refractivity contribution in [3.63, 3.8) is 0 Å². The Morgan fingerprint density at radius 1 is 1.13 bits per heavy atom. The van der Waals surface area contributed by atoms with E-state index < -0.39 is 0 Å². The first-order valence-electron chi connectivity index (χ1n) is 4.96. The van der Waals surface area contributed by atoms with Gasteiger partial charge in [0.25, 0.3) is 0 Å². The van der Waals surface area contributed by atoms with Gasteiger partial charge in [-0.25, -0.2) is 0 Å². The zero-order valence-electron chi connectivity index (χ0n) is 9.13. The molecule has 0 radical (unpaired) electrons. The van der Waals surface area contributed by atoms with Crippen LogP contribution in [0.5, 0.6) is 0 Å². The molecule has 0 atom stereocenters. The standard InChI is InChI=1S/C14H14O/c1-5-11-12-8-9(3)7-10(4)14(12)15-13(11)6-2/h5-8H,1-2H2,3-4H3. The van der Waals surface area contributed by atoms with E-state index in [1.807, 2.05) is 6.08 Å². The molecule has 0 N–H and O–H groups in total. The Balaban J connectivity index is 2.94. The predicted octanol–water partition coefficient (Wildman–Crippen LogP) is 4.34. The molecule has 0 fully saturated rings. The van der Waals surface area contributed by atoms with Gasteiger partial charge in [0.05, 0.1) is 0 Å². The van der Waals surface area contributed by atoms with Gasteiger partial charge in [-0.15, -0.1) is 0 Å². The Bertz CT molecular complexity index is 544. The molecule has 0 amide bonds. The summed E-state index contributed by atoms with van der Waals surface area (Å²) in [4.78, 5) is 0. The highest BCUT2D eigenvalue weighted by Gasteiger charge is 2.11. The van der Waals surface area contributed by atoms with Crippen molar-refractivity contribution in [1.29, 1.82) is 0 Å². The molecule has 2 aromatic rings. The Hall–Kier alpha value is -1.76. The Labute approximate surface area is 89.7 Å². The topological polar surface area (TPSA) is 13.1 Å². The van der Waals surface area contributed by atoms with E-state index >= 15 is 0 Å². The number of hydrogen-bond acceptors (Lipinski definition) is 1. The summed E-state index contributed by atoms with van der Waals surface area (Å²) in [6.07, 6.45) is 3.55. The van der Waals surface area contributed by atoms with Crippen molar-refractivity contribution in [2.75, 3.05) is 0 Å². The molecule has 1 aromatic heterocycles. The molecular formula is C14H14O. The maximum Gasteiger partial charge on any atom is 0.138 e. The van der Waals surface area contributed by atoms with Crippen LogP contribution in [0.2, 0.25) is 0 Å². The van der Waals surface area contributed by atoms with Crippen LogP contribution in [0.4, 0.5) is 0 Å². The molecular weight excluding hydrogens is 184 g/mol. The molecule has 0 unspecified atom stereocenters. The van der Waals surface area contributed by atoms with Crippen LogP contribution in [0.15, 0.2) is 29.7 Å². The first-order valence-corrected chi connectivity index (χ1v) is 4.96. The van der Waals surface area contributed by atoms with Crippen LogP contribution < -0.4 is 0 Å². The third kappa shape index (κ3) is 1.40. The van der Waals surface area contributed by atoms with Crippen LogP contribution in [-0.2, 0) is 0 Å². The van der Waals surface area contributed by atoms with E-state index in [-0.39, 0.29) is 0 Å². The van der Waals surface area contributed by atoms with Gasteiger partial charge in [0.1, 0.15) is 11.3 Å². The summed E-state index contributed by atoms with van der Waals surface area (Å²) in [5.41, 5.74) is 4.36. The normalized spacial score (nSPS) is 10.5. The van der Waals surface area contributed by atoms with Gasteiger partial charge in [0.2, 0.25) is 0 Å². The lowest BCUT2D eigenvalue weighted by Crippen LogP contribution is -1.78. The summed E-state index contributed by atoms with van der Waals surface area (Å²) in [7, 11) is 0. The minimum Gasteiger partial charge on any atom is -0.456 e. The molecule has 0 saturated heterocycles. The minimum absolute atomic E-state index is 0.800. The van der Waals surface area contributed by atoms with Crippen molar-refractivity contribution < 1.29 is 4.42 Å². The number of hydrogen-bond donors (Lipinski definition) is 0. The van der Waals surface area contributed by atoms with E-state index in [1.165, 1.54) is 5.56 Å². The monoisotopic (exact) mass is 198 g/mol. The number of rotatable bonds is 2. The van der Waals surface area contributed by atoms with Crippen LogP contribution >= 0.6 is 0 Å². The Morgan fingerprint density at radius 2 is 1.87 bits per heavy atom. The maximum absolute atomic E-state index is 5.74. The van der Waals surface area contributed by atoms with E-state index in [4.69, 9.17) is 4.42 Å². The molecule has 0 bridgehead atoms. The molecule has 2 rings (SSSR count). The van der Waals surface area contributed by atoms with Gasteiger partial charge in [-0.3, -0.25) is 0 Å². The zero-order valence-corrected chi connectivity index (χ0v) is 9.13. The van der Waals surface area contributed by atoms with Gasteiger partial charge in [-0.05, 0) is 37.1 Å². The third-order valence-corrected chi connectivity index (χ3v) is 2.58. The van der Waals surface area contributed by atoms with Gasteiger partial charge >= 0.3 is 0 Å². The average molecular weight is 198 g/mol. The number of aryl methyl sites for hydroxylation is 2. The van der Waals surface area contributed by atoms with E-state index in [1.54, 1.807) is 6.08 Å². The lowest BCUT2D eigenvalue weighted by Gasteiger charge is -1.97. The lowest BCUT2D eigenvalue weighted by atomic mass is 10.0. The van der Waals surface area contributed by atoms with Crippen molar-refractivity contribution >= 4 is 23.1 Å².